The zero-order valence-corrected chi connectivity index (χ0v) is 19.9. The minimum atomic E-state index is -0.447. The van der Waals surface area contributed by atoms with Crippen LogP contribution in [0, 0.1) is 10.8 Å². The van der Waals surface area contributed by atoms with Crippen molar-refractivity contribution in [2.45, 2.75) is 99.3 Å². The molecule has 0 aliphatic carbocycles. The van der Waals surface area contributed by atoms with Gasteiger partial charge in [-0.1, -0.05) is 41.5 Å². The molecule has 0 saturated carbocycles. The van der Waals surface area contributed by atoms with Crippen LogP contribution in [0.4, 0.5) is 0 Å². The minimum Gasteiger partial charge on any atom is -0.374 e. The fourth-order valence-electron chi connectivity index (χ4n) is 3.82. The molecule has 27 heavy (non-hydrogen) atoms. The molecule has 1 amide bonds. The van der Waals surface area contributed by atoms with Crippen LogP contribution in [-0.4, -0.2) is 49.8 Å². The Morgan fingerprint density at radius 1 is 0.963 bits per heavy atom. The number of carbonyl (C=O) groups is 1. The summed E-state index contributed by atoms with van der Waals surface area (Å²) in [6.07, 6.45) is 1.69. The Bertz CT molecular complexity index is 454. The largest absolute Gasteiger partial charge is 0.374 e. The normalized spacial score (nSPS) is 13.9. The van der Waals surface area contributed by atoms with E-state index in [4.69, 9.17) is 4.74 Å². The molecule has 0 spiro atoms. The van der Waals surface area contributed by atoms with E-state index in [2.05, 4.69) is 71.3 Å². The average molecular weight is 386 g/mol. The van der Waals surface area contributed by atoms with Crippen molar-refractivity contribution in [3.63, 3.8) is 0 Å². The van der Waals surface area contributed by atoms with Gasteiger partial charge < -0.3 is 20.7 Å². The van der Waals surface area contributed by atoms with Gasteiger partial charge in [-0.3, -0.25) is 4.79 Å². The summed E-state index contributed by atoms with van der Waals surface area (Å²) >= 11 is 0. The Kier molecular flexibility index (Phi) is 9.97. The summed E-state index contributed by atoms with van der Waals surface area (Å²) in [5.41, 5.74) is -0.622. The van der Waals surface area contributed by atoms with E-state index < -0.39 is 5.41 Å². The molecule has 162 valence electrons. The molecular formula is C22H47N3O2. The second-order valence-corrected chi connectivity index (χ2v) is 11.0. The Balaban J connectivity index is 4.56. The molecule has 0 heterocycles. The van der Waals surface area contributed by atoms with Crippen LogP contribution >= 0.6 is 0 Å². The first-order valence-corrected chi connectivity index (χ1v) is 10.4. The molecule has 0 aliphatic rings. The molecule has 0 saturated heterocycles. The number of carbonyl (C=O) groups excluding carboxylic acids is 1. The van der Waals surface area contributed by atoms with Crippen molar-refractivity contribution < 1.29 is 9.53 Å². The predicted molar refractivity (Wildman–Crippen MR) is 116 cm³/mol. The predicted octanol–water partition coefficient (Wildman–Crippen LogP) is 3.73. The van der Waals surface area contributed by atoms with Gasteiger partial charge in [0.1, 0.15) is 0 Å². The summed E-state index contributed by atoms with van der Waals surface area (Å²) in [6, 6.07) is 0.441. The average Bonchev–Trinajstić information content (AvgIpc) is 2.41. The Labute approximate surface area is 168 Å². The molecular weight excluding hydrogens is 338 g/mol. The van der Waals surface area contributed by atoms with Crippen LogP contribution in [0.2, 0.25) is 0 Å². The molecule has 0 aromatic heterocycles. The number of amides is 1. The molecule has 0 unspecified atom stereocenters. The molecule has 0 aromatic carbocycles. The maximum absolute atomic E-state index is 12.7. The highest BCUT2D eigenvalue weighted by Gasteiger charge is 2.33. The van der Waals surface area contributed by atoms with Gasteiger partial charge in [-0.25, -0.2) is 0 Å². The van der Waals surface area contributed by atoms with Gasteiger partial charge in [0.25, 0.3) is 0 Å². The maximum atomic E-state index is 12.7. The highest BCUT2D eigenvalue weighted by Crippen LogP contribution is 2.28. The lowest BCUT2D eigenvalue weighted by Gasteiger charge is -2.38. The molecule has 0 bridgehead atoms. The van der Waals surface area contributed by atoms with Gasteiger partial charge in [0.05, 0.1) is 5.60 Å². The molecule has 0 radical (unpaired) electrons. The number of ether oxygens (including phenoxy) is 1. The third-order valence-corrected chi connectivity index (χ3v) is 4.76. The molecule has 5 heteroatoms. The first-order chi connectivity index (χ1) is 12.0. The van der Waals surface area contributed by atoms with Crippen LogP contribution in [0.25, 0.3) is 0 Å². The van der Waals surface area contributed by atoms with Crippen LogP contribution in [0.3, 0.4) is 0 Å². The number of likely N-dealkylation sites (N-methyl/N-ethyl adjacent to an activating group) is 1. The zero-order chi connectivity index (χ0) is 21.5. The van der Waals surface area contributed by atoms with Gasteiger partial charge in [0.15, 0.2) is 0 Å². The van der Waals surface area contributed by atoms with Gasteiger partial charge in [-0.2, -0.15) is 0 Å². The number of rotatable bonds is 13. The van der Waals surface area contributed by atoms with E-state index in [1.54, 1.807) is 0 Å². The number of nitrogens with one attached hydrogen (secondary N) is 3. The number of hydrogen-bond donors (Lipinski definition) is 3. The summed E-state index contributed by atoms with van der Waals surface area (Å²) in [4.78, 5) is 12.7. The van der Waals surface area contributed by atoms with E-state index in [1.807, 2.05) is 20.9 Å². The first-order valence-electron chi connectivity index (χ1n) is 10.4. The van der Waals surface area contributed by atoms with Crippen LogP contribution in [0.1, 0.15) is 82.1 Å². The molecule has 0 fully saturated rings. The lowest BCUT2D eigenvalue weighted by atomic mass is 9.79. The van der Waals surface area contributed by atoms with E-state index in [0.29, 0.717) is 25.6 Å². The fraction of sp³-hybridized carbons (Fsp3) is 0.955. The second kappa shape index (κ2) is 10.2. The quantitative estimate of drug-likeness (QED) is 0.452. The van der Waals surface area contributed by atoms with Crippen molar-refractivity contribution in [1.29, 1.82) is 0 Å². The van der Waals surface area contributed by atoms with Crippen molar-refractivity contribution >= 4 is 5.91 Å². The van der Waals surface area contributed by atoms with E-state index in [-0.39, 0.29) is 22.5 Å². The molecule has 3 N–H and O–H groups in total. The van der Waals surface area contributed by atoms with Gasteiger partial charge in [-0.05, 0) is 53.0 Å². The summed E-state index contributed by atoms with van der Waals surface area (Å²) in [7, 11) is 1.92. The Hall–Kier alpha value is -0.650. The summed E-state index contributed by atoms with van der Waals surface area (Å²) < 4.78 is 5.95. The second-order valence-electron chi connectivity index (χ2n) is 11.0. The Morgan fingerprint density at radius 3 is 2.00 bits per heavy atom. The SMILES string of the molecule is CNCC(C)(C)OCCC(C)(C)C(=O)NCC(C)(C)CC(C)(C)NC(C)C. The third kappa shape index (κ3) is 11.7. The lowest BCUT2D eigenvalue weighted by Crippen LogP contribution is -2.49. The van der Waals surface area contributed by atoms with Crippen molar-refractivity contribution in [1.82, 2.24) is 16.0 Å². The van der Waals surface area contributed by atoms with E-state index in [0.717, 1.165) is 13.0 Å². The standard InChI is InChI=1S/C22H47N3O2/c1-17(2)25-21(7,8)14-19(3,4)15-24-18(26)20(5,6)12-13-27-22(9,10)16-23-11/h17,23,25H,12-16H2,1-11H3,(H,24,26). The smallest absolute Gasteiger partial charge is 0.225 e. The molecule has 5 nitrogen and oxygen atoms in total. The molecule has 0 rings (SSSR count). The minimum absolute atomic E-state index is 0.0163. The maximum Gasteiger partial charge on any atom is 0.225 e. The van der Waals surface area contributed by atoms with Crippen molar-refractivity contribution in [3.05, 3.63) is 0 Å². The third-order valence-electron chi connectivity index (χ3n) is 4.76. The van der Waals surface area contributed by atoms with Gasteiger partial charge >= 0.3 is 0 Å². The zero-order valence-electron chi connectivity index (χ0n) is 19.9. The highest BCUT2D eigenvalue weighted by atomic mass is 16.5. The Morgan fingerprint density at radius 2 is 1.52 bits per heavy atom. The summed E-state index contributed by atoms with van der Waals surface area (Å²) in [5.74, 6) is 0.0974. The molecule has 0 atom stereocenters. The summed E-state index contributed by atoms with van der Waals surface area (Å²) in [6.45, 7) is 23.4. The monoisotopic (exact) mass is 385 g/mol. The van der Waals surface area contributed by atoms with Gasteiger partial charge in [-0.15, -0.1) is 0 Å². The van der Waals surface area contributed by atoms with Gasteiger partial charge in [0.2, 0.25) is 5.91 Å². The molecule has 0 aromatic rings. The summed E-state index contributed by atoms with van der Waals surface area (Å²) in [5, 5.41) is 9.92. The van der Waals surface area contributed by atoms with Crippen LogP contribution < -0.4 is 16.0 Å². The van der Waals surface area contributed by atoms with Crippen LogP contribution in [0.15, 0.2) is 0 Å². The first kappa shape index (κ1) is 26.4. The lowest BCUT2D eigenvalue weighted by molar-refractivity contribution is -0.131. The van der Waals surface area contributed by atoms with E-state index >= 15 is 0 Å². The number of hydrogen-bond acceptors (Lipinski definition) is 4. The van der Waals surface area contributed by atoms with Crippen molar-refractivity contribution in [2.24, 2.45) is 10.8 Å². The van der Waals surface area contributed by atoms with Crippen molar-refractivity contribution in [3.8, 4) is 0 Å². The topological polar surface area (TPSA) is 62.4 Å². The highest BCUT2D eigenvalue weighted by molar-refractivity contribution is 5.81. The fourth-order valence-corrected chi connectivity index (χ4v) is 3.82. The van der Waals surface area contributed by atoms with Gasteiger partial charge in [0, 0.05) is 36.7 Å². The molecule has 0 aliphatic heterocycles. The van der Waals surface area contributed by atoms with Crippen molar-refractivity contribution in [2.75, 3.05) is 26.7 Å². The van der Waals surface area contributed by atoms with Crippen LogP contribution in [-0.2, 0) is 9.53 Å². The van der Waals surface area contributed by atoms with Crippen LogP contribution in [0.5, 0.6) is 0 Å². The van der Waals surface area contributed by atoms with E-state index in [9.17, 15) is 4.79 Å². The van der Waals surface area contributed by atoms with E-state index in [1.165, 1.54) is 0 Å².